The second kappa shape index (κ2) is 5.69. The van der Waals surface area contributed by atoms with Crippen LogP contribution in [0.4, 0.5) is 0 Å². The molecule has 2 nitrogen and oxygen atoms in total. The van der Waals surface area contributed by atoms with E-state index >= 15 is 0 Å². The number of carbonyl (C=O) groups is 1. The summed E-state index contributed by atoms with van der Waals surface area (Å²) >= 11 is 6.10. The van der Waals surface area contributed by atoms with Gasteiger partial charge in [0.15, 0.2) is 6.29 Å². The Morgan fingerprint density at radius 2 is 1.94 bits per heavy atom. The zero-order valence-electron chi connectivity index (χ0n) is 10.0. The summed E-state index contributed by atoms with van der Waals surface area (Å²) in [6.45, 7) is 2.28. The van der Waals surface area contributed by atoms with E-state index in [0.717, 1.165) is 17.4 Å². The van der Waals surface area contributed by atoms with Crippen molar-refractivity contribution in [2.24, 2.45) is 0 Å². The van der Waals surface area contributed by atoms with Crippen LogP contribution in [0.2, 0.25) is 5.02 Å². The average molecular weight is 261 g/mol. The first-order valence-electron chi connectivity index (χ1n) is 5.63. The minimum atomic E-state index is 0.393. The Kier molecular flexibility index (Phi) is 4.00. The van der Waals surface area contributed by atoms with Crippen LogP contribution in [0.5, 0.6) is 5.75 Å². The van der Waals surface area contributed by atoms with Crippen LogP contribution in [0.1, 0.15) is 21.5 Å². The molecule has 0 aliphatic rings. The molecule has 0 bridgehead atoms. The molecule has 2 aromatic carbocycles. The number of aryl methyl sites for hydroxylation is 1. The Morgan fingerprint density at radius 1 is 1.22 bits per heavy atom. The highest BCUT2D eigenvalue weighted by atomic mass is 35.5. The van der Waals surface area contributed by atoms with Gasteiger partial charge in [-0.3, -0.25) is 4.79 Å². The molecule has 0 heterocycles. The van der Waals surface area contributed by atoms with Crippen molar-refractivity contribution in [2.45, 2.75) is 13.5 Å². The lowest BCUT2D eigenvalue weighted by atomic mass is 10.1. The summed E-state index contributed by atoms with van der Waals surface area (Å²) in [6.07, 6.45) is 0.763. The van der Waals surface area contributed by atoms with Crippen molar-refractivity contribution < 1.29 is 9.53 Å². The molecule has 0 radical (unpaired) electrons. The predicted molar refractivity (Wildman–Crippen MR) is 72.4 cm³/mol. The minimum absolute atomic E-state index is 0.393. The van der Waals surface area contributed by atoms with Crippen molar-refractivity contribution in [1.82, 2.24) is 0 Å². The lowest BCUT2D eigenvalue weighted by Crippen LogP contribution is -1.99. The van der Waals surface area contributed by atoms with E-state index in [-0.39, 0.29) is 0 Å². The molecule has 0 aliphatic heterocycles. The summed E-state index contributed by atoms with van der Waals surface area (Å²) in [7, 11) is 0. The zero-order chi connectivity index (χ0) is 13.0. The van der Waals surface area contributed by atoms with E-state index in [0.29, 0.717) is 22.9 Å². The Balaban J connectivity index is 2.21. The third kappa shape index (κ3) is 2.90. The molecule has 0 atom stereocenters. The van der Waals surface area contributed by atoms with Crippen LogP contribution >= 0.6 is 11.6 Å². The van der Waals surface area contributed by atoms with E-state index in [9.17, 15) is 4.79 Å². The van der Waals surface area contributed by atoms with E-state index in [1.165, 1.54) is 0 Å². The van der Waals surface area contributed by atoms with Crippen LogP contribution in [0.15, 0.2) is 42.5 Å². The third-order valence-electron chi connectivity index (χ3n) is 2.57. The summed E-state index contributed by atoms with van der Waals surface area (Å²) in [4.78, 5) is 11.0. The molecule has 0 N–H and O–H groups in total. The molecule has 0 aromatic heterocycles. The van der Waals surface area contributed by atoms with Crippen molar-refractivity contribution in [3.63, 3.8) is 0 Å². The number of carbonyl (C=O) groups excluding carboxylic acids is 1. The smallest absolute Gasteiger partial charge is 0.153 e. The van der Waals surface area contributed by atoms with Crippen LogP contribution in [0, 0.1) is 6.92 Å². The first-order valence-corrected chi connectivity index (χ1v) is 6.00. The van der Waals surface area contributed by atoms with Gasteiger partial charge < -0.3 is 4.74 Å². The van der Waals surface area contributed by atoms with Crippen LogP contribution in [-0.4, -0.2) is 6.29 Å². The van der Waals surface area contributed by atoms with E-state index in [4.69, 9.17) is 16.3 Å². The van der Waals surface area contributed by atoms with Crippen molar-refractivity contribution in [3.8, 4) is 5.75 Å². The van der Waals surface area contributed by atoms with Gasteiger partial charge in [0.25, 0.3) is 0 Å². The maximum absolute atomic E-state index is 11.0. The molecule has 18 heavy (non-hydrogen) atoms. The summed E-state index contributed by atoms with van der Waals surface area (Å²) in [5, 5.41) is 0.466. The monoisotopic (exact) mass is 260 g/mol. The molecule has 0 spiro atoms. The SMILES string of the molecule is Cc1cc(Cl)c(OCc2ccccc2)c(C=O)c1. The molecule has 0 fully saturated rings. The first-order chi connectivity index (χ1) is 8.70. The minimum Gasteiger partial charge on any atom is -0.487 e. The van der Waals surface area contributed by atoms with Crippen molar-refractivity contribution in [1.29, 1.82) is 0 Å². The van der Waals surface area contributed by atoms with Crippen molar-refractivity contribution in [3.05, 3.63) is 64.2 Å². The van der Waals surface area contributed by atoms with Crippen LogP contribution in [0.3, 0.4) is 0 Å². The molecule has 0 unspecified atom stereocenters. The van der Waals surface area contributed by atoms with Gasteiger partial charge in [0, 0.05) is 0 Å². The first kappa shape index (κ1) is 12.7. The fourth-order valence-electron chi connectivity index (χ4n) is 1.73. The van der Waals surface area contributed by atoms with E-state index in [1.54, 1.807) is 12.1 Å². The van der Waals surface area contributed by atoms with Crippen LogP contribution in [-0.2, 0) is 6.61 Å². The normalized spacial score (nSPS) is 10.1. The van der Waals surface area contributed by atoms with Gasteiger partial charge >= 0.3 is 0 Å². The summed E-state index contributed by atoms with van der Waals surface area (Å²) < 4.78 is 5.64. The van der Waals surface area contributed by atoms with Crippen molar-refractivity contribution in [2.75, 3.05) is 0 Å². The lowest BCUT2D eigenvalue weighted by molar-refractivity contribution is 0.111. The highest BCUT2D eigenvalue weighted by molar-refractivity contribution is 6.32. The number of hydrogen-bond acceptors (Lipinski definition) is 2. The number of rotatable bonds is 4. The maximum atomic E-state index is 11.0. The average Bonchev–Trinajstić information content (AvgIpc) is 2.38. The second-order valence-corrected chi connectivity index (χ2v) is 4.46. The largest absolute Gasteiger partial charge is 0.487 e. The van der Waals surface area contributed by atoms with Crippen LogP contribution < -0.4 is 4.74 Å². The number of benzene rings is 2. The van der Waals surface area contributed by atoms with Gasteiger partial charge in [-0.1, -0.05) is 41.9 Å². The number of ether oxygens (including phenoxy) is 1. The number of halogens is 1. The standard InChI is InChI=1S/C15H13ClO2/c1-11-7-13(9-17)15(14(16)8-11)18-10-12-5-3-2-4-6-12/h2-9H,10H2,1H3. The predicted octanol–water partition coefficient (Wildman–Crippen LogP) is 4.04. The Hall–Kier alpha value is -1.80. The molecule has 0 amide bonds. The lowest BCUT2D eigenvalue weighted by Gasteiger charge is -2.11. The Morgan fingerprint density at radius 3 is 2.61 bits per heavy atom. The molecule has 0 saturated heterocycles. The Labute approximate surface area is 111 Å². The number of hydrogen-bond donors (Lipinski definition) is 0. The summed E-state index contributed by atoms with van der Waals surface area (Å²) in [6, 6.07) is 13.3. The van der Waals surface area contributed by atoms with Crippen LogP contribution in [0.25, 0.3) is 0 Å². The molecule has 3 heteroatoms. The van der Waals surface area contributed by atoms with Gasteiger partial charge in [0.1, 0.15) is 12.4 Å². The fraction of sp³-hybridized carbons (Fsp3) is 0.133. The highest BCUT2D eigenvalue weighted by Crippen LogP contribution is 2.30. The quantitative estimate of drug-likeness (QED) is 0.776. The summed E-state index contributed by atoms with van der Waals surface area (Å²) in [5.74, 6) is 0.445. The molecule has 2 aromatic rings. The van der Waals surface area contributed by atoms with Gasteiger partial charge in [0.05, 0.1) is 10.6 Å². The molecule has 2 rings (SSSR count). The zero-order valence-corrected chi connectivity index (χ0v) is 10.8. The fourth-order valence-corrected chi connectivity index (χ4v) is 2.06. The molecule has 0 saturated carbocycles. The highest BCUT2D eigenvalue weighted by Gasteiger charge is 2.09. The van der Waals surface area contributed by atoms with E-state index < -0.39 is 0 Å². The second-order valence-electron chi connectivity index (χ2n) is 4.06. The van der Waals surface area contributed by atoms with Gasteiger partial charge in [-0.15, -0.1) is 0 Å². The van der Waals surface area contributed by atoms with Gasteiger partial charge in [-0.2, -0.15) is 0 Å². The van der Waals surface area contributed by atoms with E-state index in [2.05, 4.69) is 0 Å². The number of aldehydes is 1. The third-order valence-corrected chi connectivity index (χ3v) is 2.85. The van der Waals surface area contributed by atoms with E-state index in [1.807, 2.05) is 37.3 Å². The van der Waals surface area contributed by atoms with Gasteiger partial charge in [-0.25, -0.2) is 0 Å². The molecular weight excluding hydrogens is 248 g/mol. The Bertz CT molecular complexity index is 550. The maximum Gasteiger partial charge on any atom is 0.153 e. The molecule has 92 valence electrons. The van der Waals surface area contributed by atoms with Gasteiger partial charge in [0.2, 0.25) is 0 Å². The summed E-state index contributed by atoms with van der Waals surface area (Å²) in [5.41, 5.74) is 2.45. The van der Waals surface area contributed by atoms with Gasteiger partial charge in [-0.05, 0) is 30.2 Å². The van der Waals surface area contributed by atoms with Crippen molar-refractivity contribution >= 4 is 17.9 Å². The molecular formula is C15H13ClO2. The molecule has 0 aliphatic carbocycles. The topological polar surface area (TPSA) is 26.3 Å².